The van der Waals surface area contributed by atoms with Crippen LogP contribution in [0.5, 0.6) is 17.2 Å². The van der Waals surface area contributed by atoms with E-state index in [0.29, 0.717) is 0 Å². The minimum atomic E-state index is -5.47. The van der Waals surface area contributed by atoms with Gasteiger partial charge in [-0.25, -0.2) is 9.13 Å². The normalized spacial score (nSPS) is 12.0. The molecule has 0 spiro atoms. The monoisotopic (exact) mass is 718 g/mol. The van der Waals surface area contributed by atoms with Crippen molar-refractivity contribution in [2.45, 2.75) is 0 Å². The molecule has 0 atom stereocenters. The maximum Gasteiger partial charge on any atom is 0.524 e. The van der Waals surface area contributed by atoms with Crippen molar-refractivity contribution in [3.05, 3.63) is 84.7 Å². The minimum absolute atomic E-state index is 0.0579. The second kappa shape index (κ2) is 12.1. The van der Waals surface area contributed by atoms with Crippen molar-refractivity contribution < 1.29 is 42.9 Å². The van der Waals surface area contributed by atoms with Crippen LogP contribution in [-0.4, -0.2) is 24.7 Å². The van der Waals surface area contributed by atoms with Crippen molar-refractivity contribution in [3.8, 4) is 50.6 Å². The Labute approximate surface area is 262 Å². The fraction of sp³-hybridized carbons (Fsp3) is 0. The van der Waals surface area contributed by atoms with E-state index in [1.54, 1.807) is 0 Å². The number of phenols is 1. The molecule has 0 aliphatic carbocycles. The second-order valence-corrected chi connectivity index (χ2v) is 13.0. The molecule has 4 aromatic rings. The van der Waals surface area contributed by atoms with Crippen molar-refractivity contribution in [2.75, 3.05) is 0 Å². The number of hydrogen-bond donors (Lipinski definition) is 5. The highest BCUT2D eigenvalue weighted by molar-refractivity contribution is 7.47. The van der Waals surface area contributed by atoms with Gasteiger partial charge in [-0.2, -0.15) is 0 Å². The maximum atomic E-state index is 12.3. The van der Waals surface area contributed by atoms with E-state index in [2.05, 4.69) is 0 Å². The van der Waals surface area contributed by atoms with Gasteiger partial charge in [0.25, 0.3) is 0 Å². The Morgan fingerprint density at radius 2 is 0.805 bits per heavy atom. The standard InChI is InChI=1S/C24H14Cl6O9P2/c25-10-1-4-13(16(28)7-10)19-22(31)20(14-5-2-11(26)8-17(14)29)24(39-41(35,36)37)21(23(19)38-40(32,33)34)15-6-3-12(27)9-18(15)30/h1-9,31H,(H2,32,33,34)(H2,35,36,37). The van der Waals surface area contributed by atoms with E-state index in [-0.39, 0.29) is 46.8 Å². The summed E-state index contributed by atoms with van der Waals surface area (Å²) in [7, 11) is -10.9. The fourth-order valence-corrected chi connectivity index (χ4v) is 6.28. The molecule has 216 valence electrons. The van der Waals surface area contributed by atoms with Crippen LogP contribution in [0.25, 0.3) is 33.4 Å². The van der Waals surface area contributed by atoms with Gasteiger partial charge in [0.2, 0.25) is 0 Å². The molecular weight excluding hydrogens is 707 g/mol. The lowest BCUT2D eigenvalue weighted by Crippen LogP contribution is -2.03. The molecule has 0 saturated heterocycles. The van der Waals surface area contributed by atoms with Crippen molar-refractivity contribution in [3.63, 3.8) is 0 Å². The van der Waals surface area contributed by atoms with Crippen LogP contribution in [0.1, 0.15) is 0 Å². The first-order chi connectivity index (χ1) is 19.0. The molecule has 0 aliphatic heterocycles. The molecule has 4 aromatic carbocycles. The van der Waals surface area contributed by atoms with Gasteiger partial charge in [-0.15, -0.1) is 0 Å². The van der Waals surface area contributed by atoms with Gasteiger partial charge in [0.1, 0.15) is 5.75 Å². The predicted octanol–water partition coefficient (Wildman–Crippen LogP) is 9.26. The van der Waals surface area contributed by atoms with Gasteiger partial charge >= 0.3 is 15.6 Å². The molecule has 0 aliphatic rings. The number of phenolic OH excluding ortho intramolecular Hbond substituents is 1. The summed E-state index contributed by atoms with van der Waals surface area (Å²) in [6.07, 6.45) is 0. The topological polar surface area (TPSA) is 154 Å². The fourth-order valence-electron chi connectivity index (χ4n) is 3.93. The lowest BCUT2D eigenvalue weighted by molar-refractivity contribution is 0.281. The van der Waals surface area contributed by atoms with Crippen LogP contribution in [0.15, 0.2) is 54.6 Å². The number of phosphoric acid groups is 2. The molecule has 0 unspecified atom stereocenters. The molecule has 0 fully saturated rings. The molecule has 0 saturated carbocycles. The number of hydrogen-bond acceptors (Lipinski definition) is 5. The number of rotatable bonds is 7. The zero-order valence-corrected chi connectivity index (χ0v) is 26.1. The number of aromatic hydroxyl groups is 1. The highest BCUT2D eigenvalue weighted by Crippen LogP contribution is 2.63. The number of halogens is 6. The molecule has 4 rings (SSSR count). The third-order valence-corrected chi connectivity index (χ3v) is 7.89. The highest BCUT2D eigenvalue weighted by atomic mass is 35.5. The Morgan fingerprint density at radius 3 is 1.07 bits per heavy atom. The predicted molar refractivity (Wildman–Crippen MR) is 160 cm³/mol. The maximum absolute atomic E-state index is 12.3. The number of phosphoric ester groups is 2. The zero-order chi connectivity index (χ0) is 30.4. The van der Waals surface area contributed by atoms with Crippen molar-refractivity contribution in [2.24, 2.45) is 0 Å². The van der Waals surface area contributed by atoms with Crippen LogP contribution in [-0.2, 0) is 9.13 Å². The highest BCUT2D eigenvalue weighted by Gasteiger charge is 2.36. The molecule has 0 aromatic heterocycles. The van der Waals surface area contributed by atoms with Crippen molar-refractivity contribution in [1.29, 1.82) is 0 Å². The Hall–Kier alpha value is -1.68. The summed E-state index contributed by atoms with van der Waals surface area (Å²) in [5.41, 5.74) is -1.61. The van der Waals surface area contributed by atoms with Crippen molar-refractivity contribution in [1.82, 2.24) is 0 Å². The van der Waals surface area contributed by atoms with Gasteiger partial charge in [-0.1, -0.05) is 87.8 Å². The molecule has 0 amide bonds. The van der Waals surface area contributed by atoms with E-state index in [9.17, 15) is 33.8 Å². The molecule has 41 heavy (non-hydrogen) atoms. The van der Waals surface area contributed by atoms with Crippen LogP contribution in [0.4, 0.5) is 0 Å². The zero-order valence-electron chi connectivity index (χ0n) is 19.7. The first-order valence-electron chi connectivity index (χ1n) is 10.8. The Balaban J connectivity index is 2.36. The van der Waals surface area contributed by atoms with E-state index < -0.39 is 49.6 Å². The van der Waals surface area contributed by atoms with Gasteiger partial charge in [-0.05, 0) is 36.4 Å². The van der Waals surface area contributed by atoms with E-state index in [1.807, 2.05) is 0 Å². The quantitative estimate of drug-likeness (QED) is 0.118. The molecule has 17 heteroatoms. The van der Waals surface area contributed by atoms with Crippen molar-refractivity contribution >= 4 is 85.3 Å². The molecular formula is C24H14Cl6O9P2. The third-order valence-electron chi connectivity index (χ3n) is 5.40. The molecule has 9 nitrogen and oxygen atoms in total. The summed E-state index contributed by atoms with van der Waals surface area (Å²) in [6.45, 7) is 0. The minimum Gasteiger partial charge on any atom is -0.506 e. The second-order valence-electron chi connectivity index (χ2n) is 8.17. The van der Waals surface area contributed by atoms with Crippen LogP contribution in [0.2, 0.25) is 30.1 Å². The molecule has 0 radical (unpaired) electrons. The first kappa shape index (κ1) is 32.2. The summed E-state index contributed by atoms with van der Waals surface area (Å²) in [5.74, 6) is -2.46. The summed E-state index contributed by atoms with van der Waals surface area (Å²) < 4.78 is 34.6. The Bertz CT molecular complexity index is 1690. The van der Waals surface area contributed by atoms with E-state index in [0.717, 1.165) is 0 Å². The van der Waals surface area contributed by atoms with E-state index in [1.165, 1.54) is 54.6 Å². The van der Waals surface area contributed by atoms with Crippen LogP contribution >= 0.6 is 85.3 Å². The summed E-state index contributed by atoms with van der Waals surface area (Å²) >= 11 is 37.5. The first-order valence-corrected chi connectivity index (χ1v) is 16.1. The van der Waals surface area contributed by atoms with Crippen LogP contribution in [0, 0.1) is 0 Å². The molecule has 0 heterocycles. The van der Waals surface area contributed by atoms with Gasteiger partial charge < -0.3 is 14.2 Å². The summed E-state index contributed by atoms with van der Waals surface area (Å²) in [4.78, 5) is 39.5. The largest absolute Gasteiger partial charge is 0.524 e. The van der Waals surface area contributed by atoms with E-state index >= 15 is 0 Å². The lowest BCUT2D eigenvalue weighted by Gasteiger charge is -2.26. The van der Waals surface area contributed by atoms with Gasteiger partial charge in [0.05, 0.1) is 31.8 Å². The van der Waals surface area contributed by atoms with E-state index in [4.69, 9.17) is 78.7 Å². The Kier molecular flexibility index (Phi) is 9.54. The van der Waals surface area contributed by atoms with Crippen LogP contribution in [0.3, 0.4) is 0 Å². The summed E-state index contributed by atoms with van der Waals surface area (Å²) in [5, 5.41) is 11.9. The molecule has 5 N–H and O–H groups in total. The average Bonchev–Trinajstić information content (AvgIpc) is 2.80. The average molecular weight is 721 g/mol. The van der Waals surface area contributed by atoms with Gasteiger partial charge in [0.15, 0.2) is 11.5 Å². The molecule has 0 bridgehead atoms. The SMILES string of the molecule is O=P(O)(O)Oc1c(-c2ccc(Cl)cc2Cl)c(O)c(-c2ccc(Cl)cc2Cl)c(OP(=O)(O)O)c1-c1ccc(Cl)cc1Cl. The van der Waals surface area contributed by atoms with Gasteiger partial charge in [-0.3, -0.25) is 19.6 Å². The van der Waals surface area contributed by atoms with Gasteiger partial charge in [0, 0.05) is 31.8 Å². The number of benzene rings is 4. The smallest absolute Gasteiger partial charge is 0.506 e. The summed E-state index contributed by atoms with van der Waals surface area (Å²) in [6, 6.07) is 11.8. The third kappa shape index (κ3) is 7.28. The Morgan fingerprint density at radius 1 is 0.512 bits per heavy atom. The lowest BCUT2D eigenvalue weighted by atomic mass is 9.89. The van der Waals surface area contributed by atoms with Crippen LogP contribution < -0.4 is 9.05 Å².